The molecule has 2 amide bonds. The van der Waals surface area contributed by atoms with Crippen LogP contribution in [0.2, 0.25) is 5.02 Å². The van der Waals surface area contributed by atoms with Crippen molar-refractivity contribution < 1.29 is 9.59 Å². The summed E-state index contributed by atoms with van der Waals surface area (Å²) in [5.41, 5.74) is 2.36. The minimum Gasteiger partial charge on any atom is -0.342 e. The zero-order valence-electron chi connectivity index (χ0n) is 18.5. The third kappa shape index (κ3) is 6.46. The van der Waals surface area contributed by atoms with Gasteiger partial charge >= 0.3 is 0 Å². The van der Waals surface area contributed by atoms with Crippen LogP contribution in [0.15, 0.2) is 66.3 Å². The number of allylic oxidation sites excluding steroid dienone is 1. The lowest BCUT2D eigenvalue weighted by atomic mass is 10.1. The average molecular weight is 484 g/mol. The molecule has 1 aromatic heterocycles. The monoisotopic (exact) mass is 483 g/mol. The van der Waals surface area contributed by atoms with Gasteiger partial charge in [0.1, 0.15) is 0 Å². The van der Waals surface area contributed by atoms with Crippen molar-refractivity contribution in [1.29, 1.82) is 0 Å². The molecule has 0 aliphatic rings. The van der Waals surface area contributed by atoms with E-state index in [1.54, 1.807) is 30.3 Å². The number of para-hydroxylation sites is 1. The zero-order chi connectivity index (χ0) is 23.8. The Balaban J connectivity index is 1.67. The number of nitrogens with one attached hydrogen (secondary N) is 2. The Morgan fingerprint density at radius 3 is 2.73 bits per heavy atom. The van der Waals surface area contributed by atoms with Gasteiger partial charge in [-0.15, -0.1) is 16.8 Å². The predicted molar refractivity (Wildman–Crippen MR) is 133 cm³/mol. The van der Waals surface area contributed by atoms with E-state index in [9.17, 15) is 9.59 Å². The summed E-state index contributed by atoms with van der Waals surface area (Å²) in [6, 6.07) is 14.1. The maximum absolute atomic E-state index is 12.6. The quantitative estimate of drug-likeness (QED) is 0.316. The summed E-state index contributed by atoms with van der Waals surface area (Å²) < 4.78 is 1.84. The van der Waals surface area contributed by atoms with Crippen molar-refractivity contribution in [2.24, 2.45) is 0 Å². The molecule has 0 radical (unpaired) electrons. The second kappa shape index (κ2) is 11.7. The van der Waals surface area contributed by atoms with Gasteiger partial charge in [-0.25, -0.2) is 0 Å². The number of carbonyl (C=O) groups excluding carboxylic acids is 2. The van der Waals surface area contributed by atoms with E-state index >= 15 is 0 Å². The topological polar surface area (TPSA) is 88.9 Å². The Bertz CT molecular complexity index is 1150. The molecule has 0 saturated carbocycles. The molecule has 7 nitrogen and oxygen atoms in total. The maximum atomic E-state index is 12.6. The number of hydrogen-bond donors (Lipinski definition) is 2. The number of halogens is 1. The number of aryl methyl sites for hydroxylation is 1. The van der Waals surface area contributed by atoms with Gasteiger partial charge in [-0.2, -0.15) is 0 Å². The van der Waals surface area contributed by atoms with Crippen molar-refractivity contribution in [2.75, 3.05) is 11.1 Å². The van der Waals surface area contributed by atoms with Crippen molar-refractivity contribution in [2.45, 2.75) is 38.0 Å². The van der Waals surface area contributed by atoms with Crippen LogP contribution in [0.3, 0.4) is 0 Å². The minimum atomic E-state index is -0.413. The van der Waals surface area contributed by atoms with Crippen LogP contribution in [0, 0.1) is 0 Å². The summed E-state index contributed by atoms with van der Waals surface area (Å²) in [6.07, 6.45) is 2.55. The van der Waals surface area contributed by atoms with Gasteiger partial charge in [-0.1, -0.05) is 60.6 Å². The SMILES string of the molecule is C=CCn1c(SCC(=O)Nc2ccccc2CC)nnc1C(C)NC(=O)c1cccc(Cl)c1. The second-order valence-corrected chi connectivity index (χ2v) is 8.67. The number of amides is 2. The standard InChI is InChI=1S/C24H26ClN5O2S/c1-4-13-30-22(16(3)26-23(32)18-10-8-11-19(25)14-18)28-29-24(30)33-15-21(31)27-20-12-7-6-9-17(20)5-2/h4,6-12,14,16H,1,5,13,15H2,2-3H3,(H,26,32)(H,27,31). The van der Waals surface area contributed by atoms with Gasteiger partial charge < -0.3 is 15.2 Å². The first-order valence-electron chi connectivity index (χ1n) is 10.5. The molecule has 0 spiro atoms. The smallest absolute Gasteiger partial charge is 0.251 e. The highest BCUT2D eigenvalue weighted by molar-refractivity contribution is 7.99. The molecule has 0 fully saturated rings. The number of anilines is 1. The lowest BCUT2D eigenvalue weighted by molar-refractivity contribution is -0.113. The summed E-state index contributed by atoms with van der Waals surface area (Å²) in [6.45, 7) is 8.12. The fourth-order valence-electron chi connectivity index (χ4n) is 3.27. The van der Waals surface area contributed by atoms with Gasteiger partial charge in [0, 0.05) is 22.8 Å². The van der Waals surface area contributed by atoms with Crippen molar-refractivity contribution in [1.82, 2.24) is 20.1 Å². The maximum Gasteiger partial charge on any atom is 0.251 e. The fourth-order valence-corrected chi connectivity index (χ4v) is 4.21. The first kappa shape index (κ1) is 24.5. The molecular weight excluding hydrogens is 458 g/mol. The first-order valence-corrected chi connectivity index (χ1v) is 11.9. The van der Waals surface area contributed by atoms with Gasteiger partial charge in [-0.3, -0.25) is 9.59 Å². The summed E-state index contributed by atoms with van der Waals surface area (Å²) in [7, 11) is 0. The molecule has 2 aromatic carbocycles. The van der Waals surface area contributed by atoms with Crippen LogP contribution in [-0.2, 0) is 17.8 Å². The van der Waals surface area contributed by atoms with Crippen LogP contribution >= 0.6 is 23.4 Å². The highest BCUT2D eigenvalue weighted by Gasteiger charge is 2.20. The predicted octanol–water partition coefficient (Wildman–Crippen LogP) is 4.90. The Hall–Kier alpha value is -3.10. The lowest BCUT2D eigenvalue weighted by Gasteiger charge is -2.15. The average Bonchev–Trinajstić information content (AvgIpc) is 3.21. The number of nitrogens with zero attached hydrogens (tertiary/aromatic N) is 3. The van der Waals surface area contributed by atoms with E-state index in [0.717, 1.165) is 17.7 Å². The Morgan fingerprint density at radius 1 is 1.21 bits per heavy atom. The molecule has 172 valence electrons. The summed E-state index contributed by atoms with van der Waals surface area (Å²) in [5.74, 6) is 0.361. The van der Waals surface area contributed by atoms with Crippen molar-refractivity contribution in [3.63, 3.8) is 0 Å². The molecule has 9 heteroatoms. The molecule has 3 aromatic rings. The zero-order valence-corrected chi connectivity index (χ0v) is 20.1. The number of hydrogen-bond acceptors (Lipinski definition) is 5. The van der Waals surface area contributed by atoms with Gasteiger partial charge in [0.15, 0.2) is 11.0 Å². The number of thioether (sulfide) groups is 1. The third-order valence-electron chi connectivity index (χ3n) is 4.88. The molecule has 33 heavy (non-hydrogen) atoms. The highest BCUT2D eigenvalue weighted by Crippen LogP contribution is 2.22. The Labute approximate surface area is 202 Å². The summed E-state index contributed by atoms with van der Waals surface area (Å²) in [5, 5.41) is 15.4. The van der Waals surface area contributed by atoms with Crippen LogP contribution in [-0.4, -0.2) is 32.3 Å². The molecular formula is C24H26ClN5O2S. The van der Waals surface area contributed by atoms with E-state index in [1.807, 2.05) is 42.7 Å². The van der Waals surface area contributed by atoms with E-state index in [2.05, 4.69) is 27.4 Å². The van der Waals surface area contributed by atoms with Crippen LogP contribution in [0.1, 0.15) is 41.6 Å². The van der Waals surface area contributed by atoms with E-state index in [-0.39, 0.29) is 17.6 Å². The Morgan fingerprint density at radius 2 is 2.00 bits per heavy atom. The van der Waals surface area contributed by atoms with Crippen LogP contribution in [0.5, 0.6) is 0 Å². The molecule has 1 atom stereocenters. The van der Waals surface area contributed by atoms with E-state index in [1.165, 1.54) is 11.8 Å². The van der Waals surface area contributed by atoms with E-state index in [0.29, 0.717) is 28.1 Å². The number of carbonyl (C=O) groups is 2. The summed E-state index contributed by atoms with van der Waals surface area (Å²) in [4.78, 5) is 25.1. The molecule has 0 aliphatic heterocycles. The number of rotatable bonds is 10. The molecule has 0 saturated heterocycles. The van der Waals surface area contributed by atoms with Crippen LogP contribution in [0.25, 0.3) is 0 Å². The van der Waals surface area contributed by atoms with E-state index < -0.39 is 6.04 Å². The number of benzene rings is 2. The van der Waals surface area contributed by atoms with Crippen molar-refractivity contribution in [3.8, 4) is 0 Å². The van der Waals surface area contributed by atoms with Crippen molar-refractivity contribution >= 4 is 40.9 Å². The normalized spacial score (nSPS) is 11.6. The molecule has 2 N–H and O–H groups in total. The number of aromatic nitrogens is 3. The highest BCUT2D eigenvalue weighted by atomic mass is 35.5. The second-order valence-electron chi connectivity index (χ2n) is 7.29. The molecule has 0 aliphatic carbocycles. The minimum absolute atomic E-state index is 0.127. The lowest BCUT2D eigenvalue weighted by Crippen LogP contribution is -2.28. The first-order chi connectivity index (χ1) is 15.9. The van der Waals surface area contributed by atoms with Crippen molar-refractivity contribution in [3.05, 3.63) is 83.2 Å². The fraction of sp³-hybridized carbons (Fsp3) is 0.250. The molecule has 1 unspecified atom stereocenters. The van der Waals surface area contributed by atoms with Crippen LogP contribution < -0.4 is 10.6 Å². The van der Waals surface area contributed by atoms with Gasteiger partial charge in [0.25, 0.3) is 5.91 Å². The third-order valence-corrected chi connectivity index (χ3v) is 6.09. The Kier molecular flexibility index (Phi) is 8.68. The van der Waals surface area contributed by atoms with Gasteiger partial charge in [0.05, 0.1) is 11.8 Å². The molecule has 3 rings (SSSR count). The van der Waals surface area contributed by atoms with E-state index in [4.69, 9.17) is 11.6 Å². The largest absolute Gasteiger partial charge is 0.342 e. The van der Waals surface area contributed by atoms with Crippen LogP contribution in [0.4, 0.5) is 5.69 Å². The van der Waals surface area contributed by atoms with Gasteiger partial charge in [0.2, 0.25) is 5.91 Å². The summed E-state index contributed by atoms with van der Waals surface area (Å²) >= 11 is 7.27. The molecule has 0 bridgehead atoms. The van der Waals surface area contributed by atoms with Gasteiger partial charge in [-0.05, 0) is 43.2 Å². The molecule has 1 heterocycles.